The van der Waals surface area contributed by atoms with Crippen LogP contribution < -0.4 is 5.73 Å². The Kier molecular flexibility index (Phi) is 6.00. The van der Waals surface area contributed by atoms with Gasteiger partial charge in [0.05, 0.1) is 12.3 Å². The van der Waals surface area contributed by atoms with Gasteiger partial charge in [0, 0.05) is 13.1 Å². The average molecular weight is 241 g/mol. The highest BCUT2D eigenvalue weighted by molar-refractivity contribution is 8.14. The lowest BCUT2D eigenvalue weighted by Gasteiger charge is -2.26. The van der Waals surface area contributed by atoms with Crippen LogP contribution in [0, 0.1) is 0 Å². The van der Waals surface area contributed by atoms with Crippen LogP contribution >= 0.6 is 11.8 Å². The van der Waals surface area contributed by atoms with E-state index in [1.54, 1.807) is 6.08 Å². The Morgan fingerprint density at radius 2 is 2.12 bits per heavy atom. The lowest BCUT2D eigenvalue weighted by molar-refractivity contribution is -0.129. The summed E-state index contributed by atoms with van der Waals surface area (Å²) in [5.41, 5.74) is 5.63. The number of carbonyl (C=O) groups excluding carboxylic acids is 1. The van der Waals surface area contributed by atoms with E-state index in [1.807, 2.05) is 4.90 Å². The molecule has 1 aliphatic rings. The molecule has 1 aliphatic heterocycles. The molecule has 1 fully saturated rings. The van der Waals surface area contributed by atoms with E-state index >= 15 is 0 Å². The first-order valence-electron chi connectivity index (χ1n) is 5.55. The molecule has 16 heavy (non-hydrogen) atoms. The second kappa shape index (κ2) is 7.33. The summed E-state index contributed by atoms with van der Waals surface area (Å²) in [7, 11) is 0. The Labute approximate surface area is 101 Å². The van der Waals surface area contributed by atoms with Crippen molar-refractivity contribution in [2.24, 2.45) is 10.7 Å². The van der Waals surface area contributed by atoms with Crippen molar-refractivity contribution >= 4 is 22.8 Å². The van der Waals surface area contributed by atoms with Crippen LogP contribution in [0.15, 0.2) is 17.6 Å². The third-order valence-corrected chi connectivity index (χ3v) is 3.24. The van der Waals surface area contributed by atoms with Crippen molar-refractivity contribution in [2.75, 3.05) is 25.4 Å². The van der Waals surface area contributed by atoms with Gasteiger partial charge in [0.25, 0.3) is 0 Å². The smallest absolute Gasteiger partial charge is 0.233 e. The highest BCUT2D eigenvalue weighted by Crippen LogP contribution is 2.11. The number of likely N-dealkylation sites (tertiary alicyclic amines) is 1. The van der Waals surface area contributed by atoms with Crippen molar-refractivity contribution in [2.45, 2.75) is 19.3 Å². The van der Waals surface area contributed by atoms with Gasteiger partial charge in [0.1, 0.15) is 0 Å². The quantitative estimate of drug-likeness (QED) is 0.457. The minimum absolute atomic E-state index is 0.168. The number of rotatable bonds is 4. The summed E-state index contributed by atoms with van der Waals surface area (Å²) in [6, 6.07) is 0. The summed E-state index contributed by atoms with van der Waals surface area (Å²) in [5.74, 6) is 0.563. The zero-order chi connectivity index (χ0) is 11.8. The van der Waals surface area contributed by atoms with Gasteiger partial charge in [-0.25, -0.2) is 0 Å². The number of hydrogen-bond acceptors (Lipinski definition) is 3. The number of aliphatic imine (C=N–C) groups is 1. The molecule has 0 aliphatic carbocycles. The molecular formula is C11H19N3OS. The van der Waals surface area contributed by atoms with E-state index in [1.165, 1.54) is 18.2 Å². The molecule has 90 valence electrons. The maximum absolute atomic E-state index is 11.8. The maximum atomic E-state index is 11.8. The summed E-state index contributed by atoms with van der Waals surface area (Å²) in [4.78, 5) is 17.7. The summed E-state index contributed by atoms with van der Waals surface area (Å²) < 4.78 is 0. The topological polar surface area (TPSA) is 58.7 Å². The molecule has 2 N–H and O–H groups in total. The second-order valence-electron chi connectivity index (χ2n) is 3.70. The number of piperidine rings is 1. The SMILES string of the molecule is C=CCN=C(N)SCC(=O)N1CCCCC1. The van der Waals surface area contributed by atoms with Crippen LogP contribution in [0.3, 0.4) is 0 Å². The highest BCUT2D eigenvalue weighted by Gasteiger charge is 2.16. The zero-order valence-electron chi connectivity index (χ0n) is 9.52. The molecule has 0 atom stereocenters. The largest absolute Gasteiger partial charge is 0.379 e. The van der Waals surface area contributed by atoms with Crippen molar-refractivity contribution in [1.29, 1.82) is 0 Å². The van der Waals surface area contributed by atoms with Gasteiger partial charge < -0.3 is 10.6 Å². The number of nitrogens with two attached hydrogens (primary N) is 1. The zero-order valence-corrected chi connectivity index (χ0v) is 10.3. The molecule has 0 unspecified atom stereocenters. The molecule has 0 radical (unpaired) electrons. The van der Waals surface area contributed by atoms with Gasteiger partial charge in [0.2, 0.25) is 5.91 Å². The normalized spacial score (nSPS) is 17.2. The van der Waals surface area contributed by atoms with Gasteiger partial charge in [-0.15, -0.1) is 6.58 Å². The molecule has 1 amide bonds. The van der Waals surface area contributed by atoms with Crippen LogP contribution in [-0.2, 0) is 4.79 Å². The lowest BCUT2D eigenvalue weighted by atomic mass is 10.1. The Bertz CT molecular complexity index is 272. The molecule has 0 saturated carbocycles. The minimum Gasteiger partial charge on any atom is -0.379 e. The molecule has 1 saturated heterocycles. The van der Waals surface area contributed by atoms with Crippen LogP contribution in [0.5, 0.6) is 0 Å². The molecule has 5 heteroatoms. The standard InChI is InChI=1S/C11H19N3OS/c1-2-6-13-11(12)16-9-10(15)14-7-4-3-5-8-14/h2H,1,3-9H2,(H2,12,13). The first kappa shape index (κ1) is 13.1. The van der Waals surface area contributed by atoms with Crippen LogP contribution in [0.4, 0.5) is 0 Å². The average Bonchev–Trinajstić information content (AvgIpc) is 2.34. The van der Waals surface area contributed by atoms with Crippen molar-refractivity contribution < 1.29 is 4.79 Å². The van der Waals surface area contributed by atoms with Crippen LogP contribution in [0.2, 0.25) is 0 Å². The Morgan fingerprint density at radius 1 is 1.44 bits per heavy atom. The molecule has 0 spiro atoms. The summed E-state index contributed by atoms with van der Waals surface area (Å²) in [5, 5.41) is 0.463. The summed E-state index contributed by atoms with van der Waals surface area (Å²) in [6.07, 6.45) is 5.16. The number of carbonyl (C=O) groups is 1. The third kappa shape index (κ3) is 4.70. The Balaban J connectivity index is 2.25. The summed E-state index contributed by atoms with van der Waals surface area (Å²) in [6.45, 7) is 5.85. The third-order valence-electron chi connectivity index (χ3n) is 2.43. The van der Waals surface area contributed by atoms with Crippen molar-refractivity contribution in [3.05, 3.63) is 12.7 Å². The lowest BCUT2D eigenvalue weighted by Crippen LogP contribution is -2.37. The number of amidine groups is 1. The number of nitrogens with zero attached hydrogens (tertiary/aromatic N) is 2. The number of thioether (sulfide) groups is 1. The van der Waals surface area contributed by atoms with Gasteiger partial charge in [-0.1, -0.05) is 17.8 Å². The van der Waals surface area contributed by atoms with Crippen molar-refractivity contribution in [3.8, 4) is 0 Å². The molecule has 0 aromatic rings. The van der Waals surface area contributed by atoms with E-state index in [0.29, 0.717) is 17.5 Å². The first-order valence-corrected chi connectivity index (χ1v) is 6.54. The second-order valence-corrected chi connectivity index (χ2v) is 4.69. The van der Waals surface area contributed by atoms with Gasteiger partial charge in [-0.3, -0.25) is 9.79 Å². The van der Waals surface area contributed by atoms with Crippen molar-refractivity contribution in [3.63, 3.8) is 0 Å². The van der Waals surface area contributed by atoms with Crippen LogP contribution in [0.25, 0.3) is 0 Å². The maximum Gasteiger partial charge on any atom is 0.233 e. The van der Waals surface area contributed by atoms with E-state index in [4.69, 9.17) is 5.73 Å². The summed E-state index contributed by atoms with van der Waals surface area (Å²) >= 11 is 1.31. The molecule has 1 heterocycles. The fraction of sp³-hybridized carbons (Fsp3) is 0.636. The predicted octanol–water partition coefficient (Wildman–Crippen LogP) is 1.23. The van der Waals surface area contributed by atoms with Crippen LogP contribution in [-0.4, -0.2) is 41.4 Å². The highest BCUT2D eigenvalue weighted by atomic mass is 32.2. The van der Waals surface area contributed by atoms with E-state index in [9.17, 15) is 4.79 Å². The molecule has 1 rings (SSSR count). The predicted molar refractivity (Wildman–Crippen MR) is 69.6 cm³/mol. The molecule has 0 aromatic carbocycles. The fourth-order valence-electron chi connectivity index (χ4n) is 1.57. The van der Waals surface area contributed by atoms with E-state index < -0.39 is 0 Å². The molecule has 4 nitrogen and oxygen atoms in total. The van der Waals surface area contributed by atoms with Crippen LogP contribution in [0.1, 0.15) is 19.3 Å². The van der Waals surface area contributed by atoms with E-state index in [2.05, 4.69) is 11.6 Å². The minimum atomic E-state index is 0.168. The number of amides is 1. The Hall–Kier alpha value is -0.970. The Morgan fingerprint density at radius 3 is 2.75 bits per heavy atom. The van der Waals surface area contributed by atoms with E-state index in [-0.39, 0.29) is 5.91 Å². The monoisotopic (exact) mass is 241 g/mol. The van der Waals surface area contributed by atoms with E-state index in [0.717, 1.165) is 25.9 Å². The van der Waals surface area contributed by atoms with Gasteiger partial charge in [-0.05, 0) is 19.3 Å². The number of hydrogen-bond donors (Lipinski definition) is 1. The van der Waals surface area contributed by atoms with Gasteiger partial charge >= 0.3 is 0 Å². The molecule has 0 bridgehead atoms. The molecular weight excluding hydrogens is 222 g/mol. The molecule has 0 aromatic heterocycles. The fourth-order valence-corrected chi connectivity index (χ4v) is 2.19. The first-order chi connectivity index (χ1) is 7.74. The van der Waals surface area contributed by atoms with Crippen molar-refractivity contribution in [1.82, 2.24) is 4.90 Å². The van der Waals surface area contributed by atoms with Gasteiger partial charge in [-0.2, -0.15) is 0 Å². The van der Waals surface area contributed by atoms with Gasteiger partial charge in [0.15, 0.2) is 5.17 Å².